The summed E-state index contributed by atoms with van der Waals surface area (Å²) in [5.41, 5.74) is 0. The molecule has 0 unspecified atom stereocenters. The summed E-state index contributed by atoms with van der Waals surface area (Å²) in [6, 6.07) is 0. The third kappa shape index (κ3) is 8.99. The van der Waals surface area contributed by atoms with Crippen molar-refractivity contribution in [1.29, 1.82) is 0 Å². The summed E-state index contributed by atoms with van der Waals surface area (Å²) >= 11 is 0. The van der Waals surface area contributed by atoms with Crippen molar-refractivity contribution in [1.82, 2.24) is 0 Å². The third-order valence-electron chi connectivity index (χ3n) is 2.21. The normalized spacial score (nSPS) is 18.7. The first-order valence-corrected chi connectivity index (χ1v) is 5.86. The van der Waals surface area contributed by atoms with Crippen LogP contribution in [0.2, 0.25) is 0 Å². The molecule has 0 aromatic rings. The second-order valence-electron chi connectivity index (χ2n) is 3.56. The molecule has 2 aliphatic carbocycles. The van der Waals surface area contributed by atoms with Crippen LogP contribution in [0.1, 0.15) is 19.8 Å². The number of hydrogen-bond donors (Lipinski definition) is 0. The van der Waals surface area contributed by atoms with E-state index < -0.39 is 0 Å². The molecule has 96 valence electrons. The molecule has 0 amide bonds. The molecule has 3 heteroatoms. The van der Waals surface area contributed by atoms with Gasteiger partial charge in [-0.15, -0.1) is 0 Å². The van der Waals surface area contributed by atoms with Gasteiger partial charge in [-0.1, -0.05) is 0 Å². The minimum absolute atomic E-state index is 0. The van der Waals surface area contributed by atoms with Crippen molar-refractivity contribution < 1.29 is 26.6 Å². The summed E-state index contributed by atoms with van der Waals surface area (Å²) in [4.78, 5) is 10.9. The quantitative estimate of drug-likeness (QED) is 0.587. The molecular formula is C15H18FeO2+2. The molecule has 0 atom stereocenters. The Morgan fingerprint density at radius 3 is 1.94 bits per heavy atom. The van der Waals surface area contributed by atoms with Crippen molar-refractivity contribution >= 4 is 5.97 Å². The summed E-state index contributed by atoms with van der Waals surface area (Å²) in [5, 5.41) is 0. The fraction of sp³-hybridized carbons (Fsp3) is 0.267. The van der Waals surface area contributed by atoms with Gasteiger partial charge in [-0.05, 0) is 77.0 Å². The average Bonchev–Trinajstić information content (AvgIpc) is 3.03. The Kier molecular flexibility index (Phi) is 12.0. The summed E-state index contributed by atoms with van der Waals surface area (Å²) in [7, 11) is 0. The van der Waals surface area contributed by atoms with Crippen molar-refractivity contribution in [3.05, 3.63) is 63.7 Å². The zero-order valence-electron chi connectivity index (χ0n) is 10.5. The molecule has 0 aromatic carbocycles. The van der Waals surface area contributed by atoms with Crippen LogP contribution in [0.5, 0.6) is 0 Å². The monoisotopic (exact) mass is 286 g/mol. The maximum absolute atomic E-state index is 10.9. The fourth-order valence-corrected chi connectivity index (χ4v) is 1.38. The van der Waals surface area contributed by atoms with Gasteiger partial charge < -0.3 is 4.74 Å². The summed E-state index contributed by atoms with van der Waals surface area (Å²) in [5.74, 6) is 1.08. The number of carbonyl (C=O) groups is 1. The second-order valence-corrected chi connectivity index (χ2v) is 3.56. The maximum Gasteiger partial charge on any atom is 2.00 e. The van der Waals surface area contributed by atoms with E-state index in [4.69, 9.17) is 4.74 Å². The van der Waals surface area contributed by atoms with Crippen LogP contribution in [0, 0.1) is 63.7 Å². The van der Waals surface area contributed by atoms with Gasteiger partial charge in [-0.25, -0.2) is 0 Å². The molecule has 2 aliphatic rings. The predicted octanol–water partition coefficient (Wildman–Crippen LogP) is 2.75. The fourth-order valence-electron chi connectivity index (χ4n) is 1.38. The molecule has 0 bridgehead atoms. The molecule has 0 heterocycles. The van der Waals surface area contributed by atoms with Crippen molar-refractivity contribution in [3.8, 4) is 0 Å². The van der Waals surface area contributed by atoms with E-state index in [0.29, 0.717) is 13.0 Å². The van der Waals surface area contributed by atoms with Gasteiger partial charge in [-0.3, -0.25) is 4.79 Å². The van der Waals surface area contributed by atoms with Crippen molar-refractivity contribution in [2.75, 3.05) is 6.61 Å². The average molecular weight is 286 g/mol. The van der Waals surface area contributed by atoms with Gasteiger partial charge in [0.05, 0.1) is 6.61 Å². The van der Waals surface area contributed by atoms with Crippen LogP contribution in [-0.2, 0) is 26.6 Å². The van der Waals surface area contributed by atoms with E-state index in [-0.39, 0.29) is 23.0 Å². The van der Waals surface area contributed by atoms with Crippen molar-refractivity contribution in [2.24, 2.45) is 0 Å². The van der Waals surface area contributed by atoms with Gasteiger partial charge in [0.1, 0.15) is 0 Å². The van der Waals surface area contributed by atoms with Crippen molar-refractivity contribution in [2.45, 2.75) is 19.8 Å². The van der Waals surface area contributed by atoms with E-state index in [0.717, 1.165) is 6.42 Å². The predicted molar refractivity (Wildman–Crippen MR) is 67.8 cm³/mol. The number of esters is 1. The van der Waals surface area contributed by atoms with Gasteiger partial charge in [0.15, 0.2) is 0 Å². The van der Waals surface area contributed by atoms with Crippen molar-refractivity contribution in [3.63, 3.8) is 0 Å². The Hall–Kier alpha value is -0.0105. The van der Waals surface area contributed by atoms with Gasteiger partial charge in [0.2, 0.25) is 0 Å². The first-order chi connectivity index (χ1) is 8.33. The van der Waals surface area contributed by atoms with E-state index in [2.05, 4.69) is 0 Å². The molecule has 2 fully saturated rings. The third-order valence-corrected chi connectivity index (χ3v) is 2.21. The minimum Gasteiger partial charge on any atom is -0.466 e. The first kappa shape index (κ1) is 18.0. The minimum atomic E-state index is -0.112. The maximum atomic E-state index is 10.9. The SMILES string of the molecule is CCOC(=O)CC[C]1[CH][CH][CH][CH]1.[CH]1[CH][CH][CH][CH]1.[Fe+2]. The number of hydrogen-bond acceptors (Lipinski definition) is 2. The molecule has 0 aliphatic heterocycles. The summed E-state index contributed by atoms with van der Waals surface area (Å²) < 4.78 is 4.80. The van der Waals surface area contributed by atoms with Gasteiger partial charge >= 0.3 is 23.0 Å². The topological polar surface area (TPSA) is 26.3 Å². The first-order valence-electron chi connectivity index (χ1n) is 5.86. The molecule has 18 heavy (non-hydrogen) atoms. The van der Waals surface area contributed by atoms with Crippen LogP contribution in [-0.4, -0.2) is 12.6 Å². The molecule has 2 rings (SSSR count). The standard InChI is InChI=1S/C10H13O2.C5H5.Fe/c1-2-12-10(11)8-7-9-5-3-4-6-9;1-2-4-5-3-1;/h3-6H,2,7-8H2,1H3;1-5H;/q;;+2. The van der Waals surface area contributed by atoms with Crippen LogP contribution >= 0.6 is 0 Å². The van der Waals surface area contributed by atoms with Crippen LogP contribution in [0.15, 0.2) is 0 Å². The Balaban J connectivity index is 0.000000405. The number of rotatable bonds is 4. The summed E-state index contributed by atoms with van der Waals surface area (Å²) in [6.07, 6.45) is 19.2. The smallest absolute Gasteiger partial charge is 0.466 e. The van der Waals surface area contributed by atoms with Gasteiger partial charge in [-0.2, -0.15) is 0 Å². The summed E-state index contributed by atoms with van der Waals surface area (Å²) in [6.45, 7) is 2.29. The molecular weight excluding hydrogens is 268 g/mol. The van der Waals surface area contributed by atoms with Crippen LogP contribution in [0.3, 0.4) is 0 Å². The number of ether oxygens (including phenoxy) is 1. The zero-order valence-corrected chi connectivity index (χ0v) is 11.6. The zero-order chi connectivity index (χ0) is 12.3. The Labute approximate surface area is 123 Å². The van der Waals surface area contributed by atoms with Crippen LogP contribution < -0.4 is 0 Å². The second kappa shape index (κ2) is 12.0. The van der Waals surface area contributed by atoms with Crippen LogP contribution in [0.4, 0.5) is 0 Å². The van der Waals surface area contributed by atoms with Crippen LogP contribution in [0.25, 0.3) is 0 Å². The molecule has 0 N–H and O–H groups in total. The van der Waals surface area contributed by atoms with E-state index in [1.165, 1.54) is 5.92 Å². The van der Waals surface area contributed by atoms with Gasteiger partial charge in [0, 0.05) is 6.42 Å². The molecule has 0 aromatic heterocycles. The van der Waals surface area contributed by atoms with E-state index in [1.54, 1.807) is 0 Å². The Morgan fingerprint density at radius 2 is 1.50 bits per heavy atom. The molecule has 0 saturated heterocycles. The number of carbonyl (C=O) groups excluding carboxylic acids is 1. The van der Waals surface area contributed by atoms with E-state index in [1.807, 2.05) is 64.7 Å². The molecule has 2 nitrogen and oxygen atoms in total. The van der Waals surface area contributed by atoms with Gasteiger partial charge in [0.25, 0.3) is 0 Å². The Morgan fingerprint density at radius 1 is 1.00 bits per heavy atom. The molecule has 2 saturated carbocycles. The van der Waals surface area contributed by atoms with E-state index >= 15 is 0 Å². The molecule has 10 radical (unpaired) electrons. The molecule has 0 spiro atoms. The van der Waals surface area contributed by atoms with E-state index in [9.17, 15) is 4.79 Å². The Bertz CT molecular complexity index is 189. The largest absolute Gasteiger partial charge is 2.00 e.